The monoisotopic (exact) mass is 286 g/mol. The fraction of sp³-hybridized carbons (Fsp3) is 0.412. The van der Waals surface area contributed by atoms with Crippen molar-refractivity contribution in [3.8, 4) is 11.5 Å². The molecule has 1 N–H and O–H groups in total. The van der Waals surface area contributed by atoms with E-state index in [0.717, 1.165) is 36.4 Å². The summed E-state index contributed by atoms with van der Waals surface area (Å²) in [6.07, 6.45) is 3.17. The molecule has 2 rings (SSSR count). The van der Waals surface area contributed by atoms with Crippen LogP contribution in [0, 0.1) is 6.92 Å². The molecule has 0 aliphatic heterocycles. The Labute approximate surface area is 125 Å². The highest BCUT2D eigenvalue weighted by Gasteiger charge is 2.12. The van der Waals surface area contributed by atoms with E-state index in [4.69, 9.17) is 4.42 Å². The van der Waals surface area contributed by atoms with E-state index < -0.39 is 0 Å². The Bertz CT molecular complexity index is 576. The summed E-state index contributed by atoms with van der Waals surface area (Å²) in [7, 11) is 0. The van der Waals surface area contributed by atoms with Crippen LogP contribution in [0.2, 0.25) is 0 Å². The van der Waals surface area contributed by atoms with Gasteiger partial charge in [0.2, 0.25) is 11.8 Å². The van der Waals surface area contributed by atoms with E-state index in [1.165, 1.54) is 0 Å². The number of nitrogens with one attached hydrogen (secondary N) is 1. The van der Waals surface area contributed by atoms with Gasteiger partial charge in [0.05, 0.1) is 5.69 Å². The molecule has 4 nitrogen and oxygen atoms in total. The number of oxazole rings is 1. The van der Waals surface area contributed by atoms with Crippen LogP contribution in [0.15, 0.2) is 34.7 Å². The van der Waals surface area contributed by atoms with Crippen molar-refractivity contribution >= 4 is 5.91 Å². The molecule has 2 aromatic rings. The van der Waals surface area contributed by atoms with Gasteiger partial charge in [-0.15, -0.1) is 0 Å². The minimum absolute atomic E-state index is 0.0760. The maximum atomic E-state index is 11.7. The molecule has 0 atom stereocenters. The lowest BCUT2D eigenvalue weighted by Crippen LogP contribution is -2.24. The maximum absolute atomic E-state index is 11.7. The van der Waals surface area contributed by atoms with Crippen LogP contribution in [-0.2, 0) is 11.2 Å². The van der Waals surface area contributed by atoms with E-state index in [1.807, 2.05) is 37.3 Å². The van der Waals surface area contributed by atoms with Gasteiger partial charge >= 0.3 is 0 Å². The maximum Gasteiger partial charge on any atom is 0.226 e. The summed E-state index contributed by atoms with van der Waals surface area (Å²) in [6, 6.07) is 9.80. The molecule has 1 aromatic carbocycles. The predicted octanol–water partition coefficient (Wildman–Crippen LogP) is 3.50. The zero-order chi connectivity index (χ0) is 15.1. The van der Waals surface area contributed by atoms with Crippen LogP contribution in [0.25, 0.3) is 11.5 Å². The second-order valence-electron chi connectivity index (χ2n) is 5.09. The van der Waals surface area contributed by atoms with Crippen molar-refractivity contribution < 1.29 is 9.21 Å². The topological polar surface area (TPSA) is 55.1 Å². The van der Waals surface area contributed by atoms with Gasteiger partial charge in [-0.25, -0.2) is 4.98 Å². The standard InChI is InChI=1S/C17H22N2O2/c1-3-4-12-18-16(20)11-10-15-13(2)21-17(19-15)14-8-6-5-7-9-14/h5-9H,3-4,10-12H2,1-2H3,(H,18,20). The third-order valence-electron chi connectivity index (χ3n) is 3.35. The van der Waals surface area contributed by atoms with Crippen LogP contribution in [0.5, 0.6) is 0 Å². The van der Waals surface area contributed by atoms with E-state index in [9.17, 15) is 4.79 Å². The summed E-state index contributed by atoms with van der Waals surface area (Å²) >= 11 is 0. The van der Waals surface area contributed by atoms with Gasteiger partial charge in [0.1, 0.15) is 5.76 Å². The van der Waals surface area contributed by atoms with Crippen molar-refractivity contribution in [3.05, 3.63) is 41.8 Å². The summed E-state index contributed by atoms with van der Waals surface area (Å²) in [5.74, 6) is 1.48. The second kappa shape index (κ2) is 7.62. The van der Waals surface area contributed by atoms with E-state index in [1.54, 1.807) is 0 Å². The molecule has 1 amide bonds. The number of aryl methyl sites for hydroxylation is 2. The largest absolute Gasteiger partial charge is 0.441 e. The van der Waals surface area contributed by atoms with Gasteiger partial charge in [-0.1, -0.05) is 31.5 Å². The zero-order valence-corrected chi connectivity index (χ0v) is 12.7. The highest BCUT2D eigenvalue weighted by molar-refractivity contribution is 5.76. The molecule has 4 heteroatoms. The smallest absolute Gasteiger partial charge is 0.226 e. The van der Waals surface area contributed by atoms with E-state index in [-0.39, 0.29) is 5.91 Å². The van der Waals surface area contributed by atoms with Gasteiger partial charge in [0.25, 0.3) is 0 Å². The molecule has 0 radical (unpaired) electrons. The number of nitrogens with zero attached hydrogens (tertiary/aromatic N) is 1. The van der Waals surface area contributed by atoms with Crippen LogP contribution in [0.3, 0.4) is 0 Å². The van der Waals surface area contributed by atoms with Crippen molar-refractivity contribution in [1.82, 2.24) is 10.3 Å². The van der Waals surface area contributed by atoms with Crippen LogP contribution in [0.1, 0.15) is 37.6 Å². The summed E-state index contributed by atoms with van der Waals surface area (Å²) < 4.78 is 5.69. The number of hydrogen-bond acceptors (Lipinski definition) is 3. The predicted molar refractivity (Wildman–Crippen MR) is 82.9 cm³/mol. The number of unbranched alkanes of at least 4 members (excludes halogenated alkanes) is 1. The van der Waals surface area contributed by atoms with E-state index in [0.29, 0.717) is 18.7 Å². The number of carbonyl (C=O) groups excluding carboxylic acids is 1. The van der Waals surface area contributed by atoms with Crippen molar-refractivity contribution in [3.63, 3.8) is 0 Å². The van der Waals surface area contributed by atoms with Crippen LogP contribution in [0.4, 0.5) is 0 Å². The van der Waals surface area contributed by atoms with E-state index in [2.05, 4.69) is 17.2 Å². The van der Waals surface area contributed by atoms with Gasteiger partial charge in [-0.05, 0) is 25.5 Å². The molecule has 1 aromatic heterocycles. The Morgan fingerprint density at radius 3 is 2.76 bits per heavy atom. The molecule has 0 fully saturated rings. The Hall–Kier alpha value is -2.10. The first kappa shape index (κ1) is 15.3. The van der Waals surface area contributed by atoms with Crippen LogP contribution in [-0.4, -0.2) is 17.4 Å². The fourth-order valence-electron chi connectivity index (χ4n) is 2.09. The highest BCUT2D eigenvalue weighted by atomic mass is 16.4. The second-order valence-corrected chi connectivity index (χ2v) is 5.09. The van der Waals surface area contributed by atoms with Gasteiger partial charge in [-0.2, -0.15) is 0 Å². The summed E-state index contributed by atoms with van der Waals surface area (Å²) in [5.41, 5.74) is 1.82. The van der Waals surface area contributed by atoms with Crippen molar-refractivity contribution in [2.24, 2.45) is 0 Å². The molecule has 112 valence electrons. The van der Waals surface area contributed by atoms with Crippen LogP contribution >= 0.6 is 0 Å². The lowest BCUT2D eigenvalue weighted by molar-refractivity contribution is -0.121. The minimum Gasteiger partial charge on any atom is -0.441 e. The average Bonchev–Trinajstić information content (AvgIpc) is 2.87. The molecular weight excluding hydrogens is 264 g/mol. The van der Waals surface area contributed by atoms with Gasteiger partial charge < -0.3 is 9.73 Å². The van der Waals surface area contributed by atoms with Crippen molar-refractivity contribution in [2.45, 2.75) is 39.5 Å². The zero-order valence-electron chi connectivity index (χ0n) is 12.7. The molecule has 0 spiro atoms. The Kier molecular flexibility index (Phi) is 5.55. The Morgan fingerprint density at radius 1 is 1.29 bits per heavy atom. The van der Waals surface area contributed by atoms with Crippen LogP contribution < -0.4 is 5.32 Å². The first-order valence-corrected chi connectivity index (χ1v) is 7.49. The summed E-state index contributed by atoms with van der Waals surface area (Å²) in [6.45, 7) is 4.75. The van der Waals surface area contributed by atoms with Gasteiger partial charge in [0, 0.05) is 24.9 Å². The number of benzene rings is 1. The Balaban J connectivity index is 1.93. The molecule has 1 heterocycles. The molecule has 21 heavy (non-hydrogen) atoms. The first-order valence-electron chi connectivity index (χ1n) is 7.49. The SMILES string of the molecule is CCCCNC(=O)CCc1nc(-c2ccccc2)oc1C. The van der Waals surface area contributed by atoms with Crippen molar-refractivity contribution in [1.29, 1.82) is 0 Å². The number of carbonyl (C=O) groups is 1. The molecule has 0 bridgehead atoms. The normalized spacial score (nSPS) is 10.6. The summed E-state index contributed by atoms with van der Waals surface area (Å²) in [4.78, 5) is 16.2. The third-order valence-corrected chi connectivity index (χ3v) is 3.35. The molecular formula is C17H22N2O2. The lowest BCUT2D eigenvalue weighted by atomic mass is 10.2. The summed E-state index contributed by atoms with van der Waals surface area (Å²) in [5, 5.41) is 2.91. The minimum atomic E-state index is 0.0760. The third kappa shape index (κ3) is 4.45. The average molecular weight is 286 g/mol. The molecule has 0 aliphatic rings. The van der Waals surface area contributed by atoms with Crippen molar-refractivity contribution in [2.75, 3.05) is 6.54 Å². The van der Waals surface area contributed by atoms with Gasteiger partial charge in [-0.3, -0.25) is 4.79 Å². The highest BCUT2D eigenvalue weighted by Crippen LogP contribution is 2.21. The molecule has 0 unspecified atom stereocenters. The van der Waals surface area contributed by atoms with Gasteiger partial charge in [0.15, 0.2) is 0 Å². The fourth-order valence-corrected chi connectivity index (χ4v) is 2.09. The number of rotatable bonds is 7. The van der Waals surface area contributed by atoms with E-state index >= 15 is 0 Å². The Morgan fingerprint density at radius 2 is 2.05 bits per heavy atom. The molecule has 0 saturated carbocycles. The first-order chi connectivity index (χ1) is 10.2. The number of hydrogen-bond donors (Lipinski definition) is 1. The quantitative estimate of drug-likeness (QED) is 0.793. The molecule has 0 saturated heterocycles. The molecule has 0 aliphatic carbocycles. The number of amides is 1. The number of aromatic nitrogens is 1. The lowest BCUT2D eigenvalue weighted by Gasteiger charge is -2.02.